The molecule has 9 aromatic rings. The quantitative estimate of drug-likeness (QED) is 0.0482. The lowest BCUT2D eigenvalue weighted by Gasteiger charge is -2.13. The van der Waals surface area contributed by atoms with E-state index in [1.54, 1.807) is 12.7 Å². The number of anilines is 2. The second-order valence-corrected chi connectivity index (χ2v) is 18.9. The zero-order valence-corrected chi connectivity index (χ0v) is 41.2. The average Bonchev–Trinajstić information content (AvgIpc) is 4.23. The van der Waals surface area contributed by atoms with Crippen LogP contribution >= 0.6 is 0 Å². The van der Waals surface area contributed by atoms with Gasteiger partial charge in [0.25, 0.3) is 0 Å². The standard InChI is InChI=1S/C56H56N14O2/c1-29-19-36-24-45-33(5)37(7-13-51(71)59-17-15-57-49-21-31(3)65-39-9-11-41-55(53(39)49)63-27-61-41)47(69-45)26-48-38(34(6)46(70-48)25-44-30(2)20-35(68-44)23-43(29)67-36)8-14-52(72)60-18-16-58-50-22-32(4)66-40-10-12-42-56(54(40)50)64-28-62-42/h9-12,19-28,57-58,65-68H,7-8,13-18H2,1-6H3,(H,59,71)(H,60,72). The SMILES string of the molecule is CC1=C(CCC(=O)NCCNc2cc(C)[nH]c3ccc4ncnc4c23)c2cc3nc(cc4[nH]c(cc4C)cc4[nH]c(cc1n2)cc4C)C(C)=C3CCC(=O)NCCNc1cc(C)[nH]c2ccc3ncnc3c12. The van der Waals surface area contributed by atoms with Crippen molar-refractivity contribution in [2.24, 2.45) is 0 Å². The van der Waals surface area contributed by atoms with E-state index < -0.39 is 0 Å². The number of aromatic amines is 4. The molecule has 16 nitrogen and oxygen atoms in total. The van der Waals surface area contributed by atoms with Crippen LogP contribution in [0.4, 0.5) is 11.4 Å². The Hall–Kier alpha value is -8.66. The predicted octanol–water partition coefficient (Wildman–Crippen LogP) is 10.3. The van der Waals surface area contributed by atoms with Gasteiger partial charge < -0.3 is 41.2 Å². The number of hydrogen-bond donors (Lipinski definition) is 8. The predicted molar refractivity (Wildman–Crippen MR) is 289 cm³/mol. The Morgan fingerprint density at radius 1 is 0.472 bits per heavy atom. The molecule has 0 saturated carbocycles. The summed E-state index contributed by atoms with van der Waals surface area (Å²) < 4.78 is 0. The van der Waals surface area contributed by atoms with Crippen molar-refractivity contribution >= 4 is 111 Å². The number of benzene rings is 2. The van der Waals surface area contributed by atoms with Crippen molar-refractivity contribution in [3.63, 3.8) is 0 Å². The highest BCUT2D eigenvalue weighted by molar-refractivity contribution is 6.10. The Morgan fingerprint density at radius 2 is 0.944 bits per heavy atom. The Labute approximate surface area is 414 Å². The minimum Gasteiger partial charge on any atom is -0.383 e. The highest BCUT2D eigenvalue weighted by Gasteiger charge is 2.23. The number of aromatic nitrogens is 10. The van der Waals surface area contributed by atoms with Gasteiger partial charge in [-0.1, -0.05) is 0 Å². The van der Waals surface area contributed by atoms with Crippen molar-refractivity contribution in [2.45, 2.75) is 67.2 Å². The summed E-state index contributed by atoms with van der Waals surface area (Å²) >= 11 is 0. The molecular formula is C56H56N14O2. The molecule has 11 rings (SSSR count). The molecule has 0 spiro atoms. The molecule has 9 heterocycles. The highest BCUT2D eigenvalue weighted by Crippen LogP contribution is 2.38. The number of H-pyrrole nitrogens is 4. The van der Waals surface area contributed by atoms with Gasteiger partial charge in [-0.15, -0.1) is 0 Å². The van der Waals surface area contributed by atoms with Crippen LogP contribution in [0.15, 0.2) is 85.5 Å². The minimum atomic E-state index is -0.0555. The van der Waals surface area contributed by atoms with Crippen LogP contribution in [-0.2, 0) is 9.59 Å². The molecule has 2 aliphatic rings. The van der Waals surface area contributed by atoms with E-state index in [9.17, 15) is 9.59 Å². The molecule has 0 atom stereocenters. The van der Waals surface area contributed by atoms with Gasteiger partial charge in [0.1, 0.15) is 23.7 Å². The summed E-state index contributed by atoms with van der Waals surface area (Å²) in [5.41, 5.74) is 22.4. The van der Waals surface area contributed by atoms with Crippen LogP contribution in [0.1, 0.15) is 84.8 Å². The first-order chi connectivity index (χ1) is 34.9. The number of aryl methyl sites for hydroxylation is 4. The number of amides is 2. The van der Waals surface area contributed by atoms with E-state index >= 15 is 0 Å². The van der Waals surface area contributed by atoms with Crippen LogP contribution in [0, 0.1) is 27.7 Å². The third-order valence-electron chi connectivity index (χ3n) is 13.8. The number of carbonyl (C=O) groups is 2. The molecule has 72 heavy (non-hydrogen) atoms. The molecule has 2 aromatic carbocycles. The summed E-state index contributed by atoms with van der Waals surface area (Å²) in [6, 6.07) is 24.7. The second kappa shape index (κ2) is 18.9. The molecule has 8 bridgehead atoms. The minimum absolute atomic E-state index is 0.0553. The van der Waals surface area contributed by atoms with E-state index in [4.69, 9.17) is 9.97 Å². The Bertz CT molecular complexity index is 3900. The Balaban J connectivity index is 0.827. The monoisotopic (exact) mass is 956 g/mol. The van der Waals surface area contributed by atoms with Crippen LogP contribution < -0.4 is 21.3 Å². The fraction of sp³-hybridized carbons (Fsp3) is 0.250. The second-order valence-electron chi connectivity index (χ2n) is 18.9. The topological polar surface area (TPSA) is 223 Å². The molecule has 2 amide bonds. The maximum absolute atomic E-state index is 13.6. The van der Waals surface area contributed by atoms with Gasteiger partial charge >= 0.3 is 0 Å². The molecule has 16 heteroatoms. The molecular weight excluding hydrogens is 901 g/mol. The van der Waals surface area contributed by atoms with E-state index in [0.717, 1.165) is 145 Å². The number of imidazole rings is 2. The van der Waals surface area contributed by atoms with Crippen molar-refractivity contribution in [1.82, 2.24) is 60.5 Å². The molecule has 0 aliphatic carbocycles. The summed E-state index contributed by atoms with van der Waals surface area (Å²) in [5, 5.41) is 15.3. The van der Waals surface area contributed by atoms with E-state index in [1.807, 2.05) is 44.2 Å². The van der Waals surface area contributed by atoms with E-state index in [0.29, 0.717) is 39.0 Å². The van der Waals surface area contributed by atoms with Crippen LogP contribution in [0.25, 0.3) is 88.2 Å². The maximum Gasteiger partial charge on any atom is 0.220 e. The summed E-state index contributed by atoms with van der Waals surface area (Å²) in [6.07, 6.45) is 4.65. The van der Waals surface area contributed by atoms with Gasteiger partial charge in [-0.2, -0.15) is 0 Å². The number of allylic oxidation sites excluding steroid dienone is 4. The number of hydrogen-bond acceptors (Lipinski definition) is 10. The van der Waals surface area contributed by atoms with Crippen molar-refractivity contribution < 1.29 is 9.59 Å². The van der Waals surface area contributed by atoms with Crippen molar-refractivity contribution in [3.8, 4) is 0 Å². The largest absolute Gasteiger partial charge is 0.383 e. The molecule has 8 N–H and O–H groups in total. The van der Waals surface area contributed by atoms with Gasteiger partial charge in [-0.05, 0) is 161 Å². The maximum atomic E-state index is 13.6. The van der Waals surface area contributed by atoms with Gasteiger partial charge in [0.05, 0.1) is 33.8 Å². The zero-order chi connectivity index (χ0) is 49.6. The molecule has 2 aliphatic heterocycles. The molecule has 0 fully saturated rings. The van der Waals surface area contributed by atoms with Gasteiger partial charge in [0.15, 0.2) is 0 Å². The number of nitrogens with zero attached hydrogens (tertiary/aromatic N) is 6. The van der Waals surface area contributed by atoms with E-state index in [1.165, 1.54) is 0 Å². The van der Waals surface area contributed by atoms with Gasteiger partial charge in [-0.3, -0.25) is 9.59 Å². The summed E-state index contributed by atoms with van der Waals surface area (Å²) in [5.74, 6) is -0.111. The summed E-state index contributed by atoms with van der Waals surface area (Å²) in [6.45, 7) is 14.3. The molecule has 0 saturated heterocycles. The van der Waals surface area contributed by atoms with Crippen molar-refractivity contribution in [3.05, 3.63) is 131 Å². The Kier molecular flexibility index (Phi) is 12.0. The smallest absolute Gasteiger partial charge is 0.220 e. The van der Waals surface area contributed by atoms with Crippen LogP contribution in [0.2, 0.25) is 0 Å². The normalized spacial score (nSPS) is 12.8. The van der Waals surface area contributed by atoms with Gasteiger partial charge in [-0.25, -0.2) is 29.9 Å². The highest BCUT2D eigenvalue weighted by atomic mass is 16.2. The fourth-order valence-corrected chi connectivity index (χ4v) is 10.1. The lowest BCUT2D eigenvalue weighted by molar-refractivity contribution is -0.121. The zero-order valence-electron chi connectivity index (χ0n) is 41.2. The third kappa shape index (κ3) is 9.02. The molecule has 0 unspecified atom stereocenters. The Morgan fingerprint density at radius 3 is 1.46 bits per heavy atom. The van der Waals surface area contributed by atoms with E-state index in [-0.39, 0.29) is 24.7 Å². The first-order valence-corrected chi connectivity index (χ1v) is 24.5. The van der Waals surface area contributed by atoms with Gasteiger partial charge in [0.2, 0.25) is 11.8 Å². The number of pyridine rings is 2. The summed E-state index contributed by atoms with van der Waals surface area (Å²) in [7, 11) is 0. The lowest BCUT2D eigenvalue weighted by Crippen LogP contribution is -2.28. The lowest BCUT2D eigenvalue weighted by atomic mass is 9.98. The summed E-state index contributed by atoms with van der Waals surface area (Å²) in [4.78, 5) is 69.5. The number of carbonyl (C=O) groups excluding carboxylic acids is 2. The number of rotatable bonds is 14. The van der Waals surface area contributed by atoms with Crippen molar-refractivity contribution in [2.75, 3.05) is 36.8 Å². The number of fused-ring (bicyclic) bond motifs is 14. The first kappa shape index (κ1) is 45.8. The fourth-order valence-electron chi connectivity index (χ4n) is 10.1. The molecule has 362 valence electrons. The first-order valence-electron chi connectivity index (χ1n) is 24.5. The van der Waals surface area contributed by atoms with Gasteiger partial charge in [0, 0.05) is 106 Å². The van der Waals surface area contributed by atoms with Crippen molar-refractivity contribution in [1.29, 1.82) is 0 Å². The van der Waals surface area contributed by atoms with E-state index in [2.05, 4.69) is 131 Å². The number of nitrogens with one attached hydrogen (secondary N) is 8. The van der Waals surface area contributed by atoms with Crippen LogP contribution in [0.3, 0.4) is 0 Å². The van der Waals surface area contributed by atoms with Crippen LogP contribution in [0.5, 0.6) is 0 Å². The molecule has 7 aromatic heterocycles. The average molecular weight is 957 g/mol. The van der Waals surface area contributed by atoms with Crippen LogP contribution in [-0.4, -0.2) is 87.8 Å². The molecule has 0 radical (unpaired) electrons. The third-order valence-corrected chi connectivity index (χ3v) is 13.8.